The number of carbonyl (C=O) groups is 2. The Kier molecular flexibility index (Phi) is 7.97. The van der Waals surface area contributed by atoms with Gasteiger partial charge in [0.15, 0.2) is 5.11 Å². The van der Waals surface area contributed by atoms with E-state index in [0.29, 0.717) is 29.1 Å². The van der Waals surface area contributed by atoms with Crippen LogP contribution < -0.4 is 20.7 Å². The Labute approximate surface area is 187 Å². The molecule has 3 N–H and O–H groups in total. The van der Waals surface area contributed by atoms with Gasteiger partial charge in [-0.1, -0.05) is 12.1 Å². The predicted molar refractivity (Wildman–Crippen MR) is 124 cm³/mol. The van der Waals surface area contributed by atoms with E-state index >= 15 is 0 Å². The van der Waals surface area contributed by atoms with Crippen LogP contribution >= 0.6 is 12.2 Å². The van der Waals surface area contributed by atoms with Gasteiger partial charge in [0, 0.05) is 30.0 Å². The van der Waals surface area contributed by atoms with Gasteiger partial charge in [-0.15, -0.1) is 0 Å². The smallest absolute Gasteiger partial charge is 0.257 e. The van der Waals surface area contributed by atoms with Gasteiger partial charge in [-0.05, 0) is 75.3 Å². The van der Waals surface area contributed by atoms with Crippen molar-refractivity contribution in [1.82, 2.24) is 10.6 Å². The Hall–Kier alpha value is -2.97. The number of benzene rings is 2. The van der Waals surface area contributed by atoms with Crippen LogP contribution in [0.4, 0.5) is 5.69 Å². The summed E-state index contributed by atoms with van der Waals surface area (Å²) in [6, 6.07) is 13.8. The number of hydrogen-bond donors (Lipinski definition) is 3. The summed E-state index contributed by atoms with van der Waals surface area (Å²) in [5, 5.41) is 8.61. The summed E-state index contributed by atoms with van der Waals surface area (Å²) in [6.45, 7) is 5.08. The number of thiocarbonyl (C=S) groups is 1. The van der Waals surface area contributed by atoms with Crippen molar-refractivity contribution >= 4 is 34.8 Å². The molecule has 8 heteroatoms. The minimum absolute atomic E-state index is 0.0104. The van der Waals surface area contributed by atoms with Crippen LogP contribution in [-0.2, 0) is 4.74 Å². The average molecular weight is 442 g/mol. The molecule has 31 heavy (non-hydrogen) atoms. The maximum Gasteiger partial charge on any atom is 0.257 e. The van der Waals surface area contributed by atoms with Crippen LogP contribution in [0.1, 0.15) is 47.4 Å². The molecule has 1 saturated heterocycles. The number of rotatable bonds is 7. The van der Waals surface area contributed by atoms with E-state index in [1.807, 2.05) is 13.8 Å². The number of hydrogen-bond acceptors (Lipinski definition) is 5. The zero-order valence-corrected chi connectivity index (χ0v) is 18.5. The summed E-state index contributed by atoms with van der Waals surface area (Å²) >= 11 is 5.26. The average Bonchev–Trinajstić information content (AvgIpc) is 3.25. The fourth-order valence-corrected chi connectivity index (χ4v) is 3.38. The Bertz CT molecular complexity index is 942. The fourth-order valence-electron chi connectivity index (χ4n) is 3.17. The zero-order valence-electron chi connectivity index (χ0n) is 17.6. The van der Waals surface area contributed by atoms with Gasteiger partial charge in [-0.3, -0.25) is 14.9 Å². The summed E-state index contributed by atoms with van der Waals surface area (Å²) < 4.78 is 11.1. The normalized spacial score (nSPS) is 15.4. The van der Waals surface area contributed by atoms with E-state index in [0.717, 1.165) is 19.4 Å². The van der Waals surface area contributed by atoms with Crippen molar-refractivity contribution in [2.24, 2.45) is 0 Å². The van der Waals surface area contributed by atoms with E-state index < -0.39 is 0 Å². The van der Waals surface area contributed by atoms with E-state index in [9.17, 15) is 9.59 Å². The molecule has 1 heterocycles. The molecule has 1 fully saturated rings. The van der Waals surface area contributed by atoms with Crippen LogP contribution in [0, 0.1) is 0 Å². The Morgan fingerprint density at radius 3 is 2.58 bits per heavy atom. The third kappa shape index (κ3) is 7.04. The Morgan fingerprint density at radius 1 is 1.13 bits per heavy atom. The van der Waals surface area contributed by atoms with Crippen LogP contribution in [0.3, 0.4) is 0 Å². The van der Waals surface area contributed by atoms with Crippen LogP contribution in [0.15, 0.2) is 48.5 Å². The maximum absolute atomic E-state index is 12.5. The molecule has 0 aromatic heterocycles. The van der Waals surface area contributed by atoms with E-state index in [1.54, 1.807) is 48.5 Å². The molecular formula is C23H27N3O4S. The highest BCUT2D eigenvalue weighted by Crippen LogP contribution is 2.16. The zero-order chi connectivity index (χ0) is 22.2. The SMILES string of the molecule is CC(C)Oc1cccc(C(=O)NC(=S)Nc2cccc(C(=O)NCC3CCCO3)c2)c1. The largest absolute Gasteiger partial charge is 0.491 e. The van der Waals surface area contributed by atoms with Crippen molar-refractivity contribution in [3.63, 3.8) is 0 Å². The standard InChI is InChI=1S/C23H27N3O4S/c1-15(2)30-19-9-4-7-17(13-19)22(28)26-23(31)25-18-8-3-6-16(12-18)21(27)24-14-20-10-5-11-29-20/h3-4,6-9,12-13,15,20H,5,10-11,14H2,1-2H3,(H,24,27)(H2,25,26,28,31). The van der Waals surface area contributed by atoms with Crippen molar-refractivity contribution in [2.75, 3.05) is 18.5 Å². The highest BCUT2D eigenvalue weighted by atomic mass is 32.1. The van der Waals surface area contributed by atoms with E-state index in [1.165, 1.54) is 0 Å². The first-order valence-electron chi connectivity index (χ1n) is 10.3. The quantitative estimate of drug-likeness (QED) is 0.570. The molecule has 2 aromatic carbocycles. The molecule has 0 aliphatic carbocycles. The van der Waals surface area contributed by atoms with Gasteiger partial charge < -0.3 is 20.1 Å². The molecule has 0 spiro atoms. The first-order chi connectivity index (χ1) is 14.9. The molecule has 7 nitrogen and oxygen atoms in total. The van der Waals surface area contributed by atoms with Gasteiger partial charge in [-0.25, -0.2) is 0 Å². The second-order valence-corrected chi connectivity index (χ2v) is 7.94. The summed E-state index contributed by atoms with van der Waals surface area (Å²) in [5.41, 5.74) is 1.53. The number of amides is 2. The van der Waals surface area contributed by atoms with Gasteiger partial charge in [0.25, 0.3) is 11.8 Å². The van der Waals surface area contributed by atoms with Crippen molar-refractivity contribution in [1.29, 1.82) is 0 Å². The lowest BCUT2D eigenvalue weighted by Gasteiger charge is -2.13. The van der Waals surface area contributed by atoms with Crippen LogP contribution in [-0.4, -0.2) is 42.3 Å². The highest BCUT2D eigenvalue weighted by molar-refractivity contribution is 7.80. The lowest BCUT2D eigenvalue weighted by molar-refractivity contribution is 0.0857. The lowest BCUT2D eigenvalue weighted by atomic mass is 10.1. The monoisotopic (exact) mass is 441 g/mol. The number of anilines is 1. The first-order valence-corrected chi connectivity index (χ1v) is 10.7. The number of ether oxygens (including phenoxy) is 2. The van der Waals surface area contributed by atoms with Crippen molar-refractivity contribution in [2.45, 2.75) is 38.9 Å². The third-order valence-electron chi connectivity index (χ3n) is 4.59. The van der Waals surface area contributed by atoms with E-state index in [2.05, 4.69) is 16.0 Å². The molecule has 0 radical (unpaired) electrons. The molecule has 2 amide bonds. The molecule has 2 aromatic rings. The van der Waals surface area contributed by atoms with Gasteiger partial charge in [0.2, 0.25) is 0 Å². The van der Waals surface area contributed by atoms with Gasteiger partial charge in [0.1, 0.15) is 5.75 Å². The van der Waals surface area contributed by atoms with Crippen molar-refractivity contribution < 1.29 is 19.1 Å². The highest BCUT2D eigenvalue weighted by Gasteiger charge is 2.17. The van der Waals surface area contributed by atoms with Crippen molar-refractivity contribution in [3.8, 4) is 5.75 Å². The van der Waals surface area contributed by atoms with Crippen LogP contribution in [0.25, 0.3) is 0 Å². The third-order valence-corrected chi connectivity index (χ3v) is 4.80. The second-order valence-electron chi connectivity index (χ2n) is 7.53. The summed E-state index contributed by atoms with van der Waals surface area (Å²) in [5.74, 6) is 0.0801. The molecule has 1 aliphatic heterocycles. The first kappa shape index (κ1) is 22.7. The van der Waals surface area contributed by atoms with Crippen LogP contribution in [0.2, 0.25) is 0 Å². The molecule has 0 saturated carbocycles. The summed E-state index contributed by atoms with van der Waals surface area (Å²) in [7, 11) is 0. The minimum Gasteiger partial charge on any atom is -0.491 e. The van der Waals surface area contributed by atoms with E-state index in [-0.39, 0.29) is 29.1 Å². The molecule has 0 bridgehead atoms. The maximum atomic E-state index is 12.5. The predicted octanol–water partition coefficient (Wildman–Crippen LogP) is 3.51. The molecule has 1 aliphatic rings. The van der Waals surface area contributed by atoms with Gasteiger partial charge >= 0.3 is 0 Å². The molecule has 1 atom stereocenters. The van der Waals surface area contributed by atoms with E-state index in [4.69, 9.17) is 21.7 Å². The lowest BCUT2D eigenvalue weighted by Crippen LogP contribution is -2.34. The number of carbonyl (C=O) groups excluding carboxylic acids is 2. The second kappa shape index (κ2) is 10.9. The molecule has 3 rings (SSSR count). The Morgan fingerprint density at radius 2 is 1.87 bits per heavy atom. The summed E-state index contributed by atoms with van der Waals surface area (Å²) in [4.78, 5) is 24.9. The van der Waals surface area contributed by atoms with Crippen LogP contribution in [0.5, 0.6) is 5.75 Å². The molecule has 1 unspecified atom stereocenters. The van der Waals surface area contributed by atoms with Crippen molar-refractivity contribution in [3.05, 3.63) is 59.7 Å². The Balaban J connectivity index is 1.54. The molecule has 164 valence electrons. The minimum atomic E-state index is -0.350. The number of nitrogens with one attached hydrogen (secondary N) is 3. The van der Waals surface area contributed by atoms with Gasteiger partial charge in [0.05, 0.1) is 12.2 Å². The molecular weight excluding hydrogens is 414 g/mol. The topological polar surface area (TPSA) is 88.7 Å². The van der Waals surface area contributed by atoms with Gasteiger partial charge in [-0.2, -0.15) is 0 Å². The fraction of sp³-hybridized carbons (Fsp3) is 0.348. The summed E-state index contributed by atoms with van der Waals surface area (Å²) in [6.07, 6.45) is 2.08.